The largest absolute Gasteiger partial charge is 0.396 e. The zero-order chi connectivity index (χ0) is 8.27. The van der Waals surface area contributed by atoms with E-state index in [9.17, 15) is 0 Å². The van der Waals surface area contributed by atoms with Crippen LogP contribution < -0.4 is 5.73 Å². The minimum absolute atomic E-state index is 0.0162. The molecule has 1 rings (SSSR count). The number of halogens is 1. The summed E-state index contributed by atoms with van der Waals surface area (Å²) in [5.74, 6) is -0.0162. The lowest BCUT2D eigenvalue weighted by atomic mass is 10.1. The van der Waals surface area contributed by atoms with Gasteiger partial charge in [-0.2, -0.15) is 0 Å². The van der Waals surface area contributed by atoms with Crippen LogP contribution in [0.5, 0.6) is 0 Å². The lowest BCUT2D eigenvalue weighted by Gasteiger charge is -2.06. The SMILES string of the molecule is NCC(CO)c1csc(Br)n1. The van der Waals surface area contributed by atoms with Crippen molar-refractivity contribution >= 4 is 27.3 Å². The molecule has 3 N–H and O–H groups in total. The second kappa shape index (κ2) is 4.15. The van der Waals surface area contributed by atoms with E-state index in [0.29, 0.717) is 6.54 Å². The molecule has 62 valence electrons. The summed E-state index contributed by atoms with van der Waals surface area (Å²) >= 11 is 4.75. The molecule has 1 atom stereocenters. The fourth-order valence-electron chi connectivity index (χ4n) is 0.740. The maximum Gasteiger partial charge on any atom is 0.159 e. The molecule has 3 nitrogen and oxygen atoms in total. The van der Waals surface area contributed by atoms with Crippen LogP contribution in [0.25, 0.3) is 0 Å². The monoisotopic (exact) mass is 236 g/mol. The van der Waals surface area contributed by atoms with E-state index in [4.69, 9.17) is 10.8 Å². The highest BCUT2D eigenvalue weighted by molar-refractivity contribution is 9.11. The van der Waals surface area contributed by atoms with E-state index in [1.165, 1.54) is 11.3 Å². The summed E-state index contributed by atoms with van der Waals surface area (Å²) in [7, 11) is 0. The molecule has 0 amide bonds. The van der Waals surface area contributed by atoms with E-state index in [-0.39, 0.29) is 12.5 Å². The Labute approximate surface area is 77.4 Å². The van der Waals surface area contributed by atoms with Crippen molar-refractivity contribution in [2.45, 2.75) is 5.92 Å². The Morgan fingerprint density at radius 3 is 2.91 bits per heavy atom. The van der Waals surface area contributed by atoms with Gasteiger partial charge in [-0.15, -0.1) is 11.3 Å². The molecule has 1 unspecified atom stereocenters. The van der Waals surface area contributed by atoms with Crippen LogP contribution in [0.4, 0.5) is 0 Å². The van der Waals surface area contributed by atoms with Crippen LogP contribution in [0.2, 0.25) is 0 Å². The molecular formula is C6H9BrN2OS. The van der Waals surface area contributed by atoms with Crippen molar-refractivity contribution in [3.8, 4) is 0 Å². The minimum atomic E-state index is -0.0162. The second-order valence-electron chi connectivity index (χ2n) is 2.14. The van der Waals surface area contributed by atoms with Crippen molar-refractivity contribution in [2.75, 3.05) is 13.2 Å². The maximum absolute atomic E-state index is 8.86. The van der Waals surface area contributed by atoms with Crippen LogP contribution in [-0.2, 0) is 0 Å². The van der Waals surface area contributed by atoms with Gasteiger partial charge in [0.15, 0.2) is 3.92 Å². The summed E-state index contributed by atoms with van der Waals surface area (Å²) < 4.78 is 0.833. The van der Waals surface area contributed by atoms with Crippen LogP contribution >= 0.6 is 27.3 Å². The molecule has 1 aromatic rings. The number of hydrogen-bond acceptors (Lipinski definition) is 4. The highest BCUT2D eigenvalue weighted by atomic mass is 79.9. The van der Waals surface area contributed by atoms with Crippen molar-refractivity contribution in [2.24, 2.45) is 5.73 Å². The Bertz CT molecular complexity index is 224. The third kappa shape index (κ3) is 2.23. The van der Waals surface area contributed by atoms with Crippen LogP contribution in [-0.4, -0.2) is 23.2 Å². The first kappa shape index (κ1) is 9.12. The van der Waals surface area contributed by atoms with E-state index < -0.39 is 0 Å². The normalized spacial score (nSPS) is 13.4. The zero-order valence-electron chi connectivity index (χ0n) is 5.83. The summed E-state index contributed by atoms with van der Waals surface area (Å²) in [4.78, 5) is 4.15. The smallest absolute Gasteiger partial charge is 0.159 e. The van der Waals surface area contributed by atoms with Gasteiger partial charge in [0.25, 0.3) is 0 Å². The lowest BCUT2D eigenvalue weighted by molar-refractivity contribution is 0.266. The van der Waals surface area contributed by atoms with Gasteiger partial charge in [-0.25, -0.2) is 4.98 Å². The molecule has 1 heterocycles. The topological polar surface area (TPSA) is 59.1 Å². The third-order valence-electron chi connectivity index (χ3n) is 1.42. The van der Waals surface area contributed by atoms with E-state index >= 15 is 0 Å². The molecular weight excluding hydrogens is 228 g/mol. The van der Waals surface area contributed by atoms with E-state index in [1.807, 2.05) is 5.38 Å². The third-order valence-corrected chi connectivity index (χ3v) is 2.80. The molecule has 0 aliphatic heterocycles. The maximum atomic E-state index is 8.86. The number of nitrogens with zero attached hydrogens (tertiary/aromatic N) is 1. The first-order valence-corrected chi connectivity index (χ1v) is 4.87. The van der Waals surface area contributed by atoms with Crippen molar-refractivity contribution in [3.05, 3.63) is 15.0 Å². The number of aliphatic hydroxyl groups is 1. The van der Waals surface area contributed by atoms with Crippen molar-refractivity contribution in [1.29, 1.82) is 0 Å². The number of aliphatic hydroxyl groups excluding tert-OH is 1. The number of hydrogen-bond donors (Lipinski definition) is 2. The van der Waals surface area contributed by atoms with Crippen molar-refractivity contribution in [3.63, 3.8) is 0 Å². The molecule has 0 saturated carbocycles. The van der Waals surface area contributed by atoms with Crippen molar-refractivity contribution < 1.29 is 5.11 Å². The van der Waals surface area contributed by atoms with Gasteiger partial charge < -0.3 is 10.8 Å². The Kier molecular flexibility index (Phi) is 3.45. The molecule has 0 radical (unpaired) electrons. The molecule has 11 heavy (non-hydrogen) atoms. The predicted molar refractivity (Wildman–Crippen MR) is 48.7 cm³/mol. The second-order valence-corrected chi connectivity index (χ2v) is 4.27. The van der Waals surface area contributed by atoms with Gasteiger partial charge in [0.2, 0.25) is 0 Å². The average molecular weight is 237 g/mol. The van der Waals surface area contributed by atoms with Gasteiger partial charge in [-0.05, 0) is 15.9 Å². The van der Waals surface area contributed by atoms with Gasteiger partial charge in [0.05, 0.1) is 12.3 Å². The fraction of sp³-hybridized carbons (Fsp3) is 0.500. The molecule has 0 aromatic carbocycles. The summed E-state index contributed by atoms with van der Waals surface area (Å²) in [6, 6.07) is 0. The van der Waals surface area contributed by atoms with E-state index in [2.05, 4.69) is 20.9 Å². The van der Waals surface area contributed by atoms with E-state index in [0.717, 1.165) is 9.61 Å². The Hall–Kier alpha value is 0.0300. The first-order valence-electron chi connectivity index (χ1n) is 3.19. The number of nitrogens with two attached hydrogens (primary N) is 1. The minimum Gasteiger partial charge on any atom is -0.396 e. The van der Waals surface area contributed by atoms with Crippen LogP contribution in [0.3, 0.4) is 0 Å². The molecule has 0 aliphatic rings. The van der Waals surface area contributed by atoms with Gasteiger partial charge >= 0.3 is 0 Å². The number of aromatic nitrogens is 1. The molecule has 0 saturated heterocycles. The first-order chi connectivity index (χ1) is 5.27. The van der Waals surface area contributed by atoms with Gasteiger partial charge in [0, 0.05) is 17.8 Å². The van der Waals surface area contributed by atoms with Gasteiger partial charge in [0.1, 0.15) is 0 Å². The molecule has 0 fully saturated rings. The Morgan fingerprint density at radius 2 is 2.55 bits per heavy atom. The molecule has 0 spiro atoms. The standard InChI is InChI=1S/C6H9BrN2OS/c7-6-9-5(3-11-6)4(1-8)2-10/h3-4,10H,1-2,8H2. The molecule has 0 bridgehead atoms. The van der Waals surface area contributed by atoms with Crippen LogP contribution in [0.15, 0.2) is 9.30 Å². The highest BCUT2D eigenvalue weighted by Crippen LogP contribution is 2.21. The summed E-state index contributed by atoms with van der Waals surface area (Å²) in [6.45, 7) is 0.499. The molecule has 1 aromatic heterocycles. The average Bonchev–Trinajstić information content (AvgIpc) is 2.39. The van der Waals surface area contributed by atoms with Crippen molar-refractivity contribution in [1.82, 2.24) is 4.98 Å². The zero-order valence-corrected chi connectivity index (χ0v) is 8.23. The fourth-order valence-corrected chi connectivity index (χ4v) is 1.85. The molecule has 5 heteroatoms. The van der Waals surface area contributed by atoms with Gasteiger partial charge in [-0.1, -0.05) is 0 Å². The predicted octanol–water partition coefficient (Wildman–Crippen LogP) is 0.940. The van der Waals surface area contributed by atoms with Crippen LogP contribution in [0, 0.1) is 0 Å². The highest BCUT2D eigenvalue weighted by Gasteiger charge is 2.10. The van der Waals surface area contributed by atoms with Gasteiger partial charge in [-0.3, -0.25) is 0 Å². The quantitative estimate of drug-likeness (QED) is 0.822. The number of rotatable bonds is 3. The Morgan fingerprint density at radius 1 is 1.82 bits per heavy atom. The van der Waals surface area contributed by atoms with Crippen LogP contribution in [0.1, 0.15) is 11.6 Å². The Balaban J connectivity index is 2.73. The molecule has 0 aliphatic carbocycles. The lowest BCUT2D eigenvalue weighted by Crippen LogP contribution is -2.16. The summed E-state index contributed by atoms with van der Waals surface area (Å²) in [5.41, 5.74) is 6.28. The summed E-state index contributed by atoms with van der Waals surface area (Å²) in [6.07, 6.45) is 0. The summed E-state index contributed by atoms with van der Waals surface area (Å²) in [5, 5.41) is 10.8. The van der Waals surface area contributed by atoms with E-state index in [1.54, 1.807) is 0 Å². The number of thiazole rings is 1.